The maximum atomic E-state index is 13.5. The first-order valence-corrected chi connectivity index (χ1v) is 7.49. The van der Waals surface area contributed by atoms with Gasteiger partial charge in [0.15, 0.2) is 0 Å². The average molecular weight is 374 g/mol. The number of alkyl halides is 1. The molecule has 6 heteroatoms. The van der Waals surface area contributed by atoms with Crippen LogP contribution >= 0.6 is 39.1 Å². The van der Waals surface area contributed by atoms with E-state index in [1.165, 1.54) is 6.07 Å². The fourth-order valence-electron chi connectivity index (χ4n) is 2.09. The van der Waals surface area contributed by atoms with Crippen molar-refractivity contribution in [2.45, 2.75) is 5.88 Å². The molecule has 0 atom stereocenters. The Morgan fingerprint density at radius 3 is 2.55 bits per heavy atom. The molecule has 0 fully saturated rings. The van der Waals surface area contributed by atoms with Crippen LogP contribution in [0, 0.1) is 5.82 Å². The molecule has 0 spiro atoms. The van der Waals surface area contributed by atoms with Crippen LogP contribution in [-0.2, 0) is 5.88 Å². The minimum absolute atomic E-state index is 0.0666. The van der Waals surface area contributed by atoms with Gasteiger partial charge in [0.2, 0.25) is 0 Å². The zero-order valence-electron chi connectivity index (χ0n) is 10.1. The third-order valence-corrected chi connectivity index (χ3v) is 4.03. The number of benzene rings is 2. The summed E-state index contributed by atoms with van der Waals surface area (Å²) in [4.78, 5) is 4.35. The van der Waals surface area contributed by atoms with E-state index in [1.54, 1.807) is 6.07 Å². The molecule has 0 N–H and O–H groups in total. The maximum Gasteiger partial charge on any atom is 0.144 e. The highest BCUT2D eigenvalue weighted by Crippen LogP contribution is 2.28. The van der Waals surface area contributed by atoms with Crippen LogP contribution in [0.2, 0.25) is 5.02 Å². The largest absolute Gasteiger partial charge is 0.295 e. The quantitative estimate of drug-likeness (QED) is 0.556. The van der Waals surface area contributed by atoms with Crippen LogP contribution in [0.1, 0.15) is 5.82 Å². The van der Waals surface area contributed by atoms with Crippen LogP contribution in [0.25, 0.3) is 16.7 Å². The number of rotatable bonds is 2. The van der Waals surface area contributed by atoms with E-state index in [0.717, 1.165) is 15.7 Å². The van der Waals surface area contributed by atoms with E-state index in [1.807, 2.05) is 28.8 Å². The molecule has 3 rings (SSSR count). The van der Waals surface area contributed by atoms with E-state index in [2.05, 4.69) is 20.9 Å². The van der Waals surface area contributed by atoms with E-state index < -0.39 is 5.82 Å². The molecular formula is C14H8BrCl2FN2. The van der Waals surface area contributed by atoms with Gasteiger partial charge in [0.25, 0.3) is 0 Å². The topological polar surface area (TPSA) is 17.8 Å². The number of hydrogen-bond donors (Lipinski definition) is 0. The first-order valence-electron chi connectivity index (χ1n) is 5.78. The summed E-state index contributed by atoms with van der Waals surface area (Å²) in [6.45, 7) is 0. The van der Waals surface area contributed by atoms with Gasteiger partial charge in [0.05, 0.1) is 21.9 Å². The van der Waals surface area contributed by atoms with Crippen LogP contribution in [0.4, 0.5) is 4.39 Å². The Labute approximate surface area is 133 Å². The molecule has 0 unspecified atom stereocenters. The van der Waals surface area contributed by atoms with Gasteiger partial charge >= 0.3 is 0 Å². The lowest BCUT2D eigenvalue weighted by molar-refractivity contribution is 0.630. The van der Waals surface area contributed by atoms with Gasteiger partial charge in [0, 0.05) is 16.2 Å². The van der Waals surface area contributed by atoms with Crippen LogP contribution in [0.15, 0.2) is 40.9 Å². The molecule has 3 aromatic rings. The van der Waals surface area contributed by atoms with E-state index in [0.29, 0.717) is 11.3 Å². The second kappa shape index (κ2) is 5.35. The summed E-state index contributed by atoms with van der Waals surface area (Å²) in [5.41, 5.74) is 2.16. The van der Waals surface area contributed by atoms with Gasteiger partial charge in [-0.15, -0.1) is 11.6 Å². The number of aromatic nitrogens is 2. The van der Waals surface area contributed by atoms with Crippen molar-refractivity contribution < 1.29 is 4.39 Å². The van der Waals surface area contributed by atoms with Crippen LogP contribution in [0.3, 0.4) is 0 Å². The number of imidazole rings is 1. The first-order chi connectivity index (χ1) is 9.60. The fraction of sp³-hybridized carbons (Fsp3) is 0.0714. The molecular weight excluding hydrogens is 366 g/mol. The lowest BCUT2D eigenvalue weighted by Gasteiger charge is -2.08. The second-order valence-electron chi connectivity index (χ2n) is 4.23. The summed E-state index contributed by atoms with van der Waals surface area (Å²) in [5.74, 6) is 0.385. The SMILES string of the molecule is Fc1cc2nc(CCl)n(-c3ccc(Br)cc3)c2cc1Cl. The Balaban J connectivity index is 2.32. The molecule has 0 bridgehead atoms. The highest BCUT2D eigenvalue weighted by Gasteiger charge is 2.14. The lowest BCUT2D eigenvalue weighted by atomic mass is 10.2. The minimum atomic E-state index is -0.485. The van der Waals surface area contributed by atoms with Gasteiger partial charge < -0.3 is 0 Å². The van der Waals surface area contributed by atoms with E-state index in [-0.39, 0.29) is 10.9 Å². The standard InChI is InChI=1S/C14H8BrCl2FN2/c15-8-1-3-9(4-2-8)20-13-5-10(17)11(18)6-12(13)19-14(20)7-16/h1-6H,7H2. The molecule has 0 aliphatic heterocycles. The molecule has 102 valence electrons. The predicted molar refractivity (Wildman–Crippen MR) is 83.3 cm³/mol. The van der Waals surface area contributed by atoms with Crippen LogP contribution < -0.4 is 0 Å². The molecule has 0 radical (unpaired) electrons. The zero-order valence-corrected chi connectivity index (χ0v) is 13.2. The molecule has 0 saturated carbocycles. The molecule has 1 aromatic heterocycles. The van der Waals surface area contributed by atoms with Crippen LogP contribution in [-0.4, -0.2) is 9.55 Å². The van der Waals surface area contributed by atoms with Crippen molar-refractivity contribution in [1.29, 1.82) is 0 Å². The van der Waals surface area contributed by atoms with Crippen molar-refractivity contribution >= 4 is 50.2 Å². The molecule has 2 aromatic carbocycles. The second-order valence-corrected chi connectivity index (χ2v) is 5.82. The number of halogens is 4. The van der Waals surface area contributed by atoms with Crippen molar-refractivity contribution in [3.63, 3.8) is 0 Å². The van der Waals surface area contributed by atoms with Crippen molar-refractivity contribution in [2.24, 2.45) is 0 Å². The van der Waals surface area contributed by atoms with E-state index >= 15 is 0 Å². The predicted octanol–water partition coefficient (Wildman–Crippen LogP) is 5.32. The Morgan fingerprint density at radius 2 is 1.90 bits per heavy atom. The van der Waals surface area contributed by atoms with Gasteiger partial charge in [0.1, 0.15) is 11.6 Å². The molecule has 0 amide bonds. The number of nitrogens with zero attached hydrogens (tertiary/aromatic N) is 2. The summed E-state index contributed by atoms with van der Waals surface area (Å²) in [6.07, 6.45) is 0. The van der Waals surface area contributed by atoms with Crippen LogP contribution in [0.5, 0.6) is 0 Å². The monoisotopic (exact) mass is 372 g/mol. The first kappa shape index (κ1) is 13.9. The van der Waals surface area contributed by atoms with E-state index in [4.69, 9.17) is 23.2 Å². The molecule has 1 heterocycles. The molecule has 20 heavy (non-hydrogen) atoms. The highest BCUT2D eigenvalue weighted by atomic mass is 79.9. The van der Waals surface area contributed by atoms with Crippen molar-refractivity contribution in [3.8, 4) is 5.69 Å². The molecule has 2 nitrogen and oxygen atoms in total. The fourth-order valence-corrected chi connectivity index (χ4v) is 2.69. The minimum Gasteiger partial charge on any atom is -0.295 e. The summed E-state index contributed by atoms with van der Waals surface area (Å²) in [5, 5.41) is 0.0666. The zero-order chi connectivity index (χ0) is 14.3. The maximum absolute atomic E-state index is 13.5. The smallest absolute Gasteiger partial charge is 0.144 e. The third-order valence-electron chi connectivity index (χ3n) is 2.97. The highest BCUT2D eigenvalue weighted by molar-refractivity contribution is 9.10. The number of fused-ring (bicyclic) bond motifs is 1. The Kier molecular flexibility index (Phi) is 3.71. The van der Waals surface area contributed by atoms with Crippen molar-refractivity contribution in [1.82, 2.24) is 9.55 Å². The Hall–Kier alpha value is -1.10. The summed E-state index contributed by atoms with van der Waals surface area (Å²) in [6, 6.07) is 10.6. The van der Waals surface area contributed by atoms with Gasteiger partial charge in [-0.1, -0.05) is 27.5 Å². The van der Waals surface area contributed by atoms with Crippen molar-refractivity contribution in [2.75, 3.05) is 0 Å². The Morgan fingerprint density at radius 1 is 1.20 bits per heavy atom. The summed E-state index contributed by atoms with van der Waals surface area (Å²) < 4.78 is 16.4. The van der Waals surface area contributed by atoms with Gasteiger partial charge in [-0.05, 0) is 30.3 Å². The number of hydrogen-bond acceptors (Lipinski definition) is 1. The van der Waals surface area contributed by atoms with Gasteiger partial charge in [-0.3, -0.25) is 4.57 Å². The van der Waals surface area contributed by atoms with Gasteiger partial charge in [-0.25, -0.2) is 9.37 Å². The summed E-state index contributed by atoms with van der Waals surface area (Å²) >= 11 is 15.2. The van der Waals surface area contributed by atoms with Gasteiger partial charge in [-0.2, -0.15) is 0 Å². The molecule has 0 saturated heterocycles. The lowest BCUT2D eigenvalue weighted by Crippen LogP contribution is -1.99. The third kappa shape index (κ3) is 2.32. The van der Waals surface area contributed by atoms with Crippen molar-refractivity contribution in [3.05, 3.63) is 57.5 Å². The normalized spacial score (nSPS) is 11.2. The molecule has 0 aliphatic rings. The summed E-state index contributed by atoms with van der Waals surface area (Å²) in [7, 11) is 0. The Bertz CT molecular complexity index is 784. The molecule has 0 aliphatic carbocycles. The van der Waals surface area contributed by atoms with E-state index in [9.17, 15) is 4.39 Å². The average Bonchev–Trinajstić information content (AvgIpc) is 2.78.